The summed E-state index contributed by atoms with van der Waals surface area (Å²) in [5.41, 5.74) is 6.13. The van der Waals surface area contributed by atoms with Crippen molar-refractivity contribution in [2.75, 3.05) is 0 Å². The monoisotopic (exact) mass is 331 g/mol. The van der Waals surface area contributed by atoms with Crippen LogP contribution in [0.25, 0.3) is 6.08 Å². The fourth-order valence-corrected chi connectivity index (χ4v) is 2.00. The Morgan fingerprint density at radius 3 is 2.38 bits per heavy atom. The molecule has 4 N–H and O–H groups in total. The van der Waals surface area contributed by atoms with E-state index in [4.69, 9.17) is 39.1 Å². The van der Waals surface area contributed by atoms with Crippen molar-refractivity contribution in [3.63, 3.8) is 0 Å². The first kappa shape index (κ1) is 17.5. The number of nitrogens with two attached hydrogens (primary N) is 1. The van der Waals surface area contributed by atoms with Crippen molar-refractivity contribution in [3.8, 4) is 0 Å². The minimum absolute atomic E-state index is 0.129. The fourth-order valence-electron chi connectivity index (χ4n) is 1.69. The molecule has 0 saturated heterocycles. The van der Waals surface area contributed by atoms with Crippen LogP contribution in [0.4, 0.5) is 0 Å². The van der Waals surface area contributed by atoms with Crippen molar-refractivity contribution in [2.45, 2.75) is 18.9 Å². The smallest absolute Gasteiger partial charge is 0.320 e. The van der Waals surface area contributed by atoms with Crippen molar-refractivity contribution in [1.29, 1.82) is 0 Å². The molecule has 0 unspecified atom stereocenters. The molecule has 21 heavy (non-hydrogen) atoms. The third kappa shape index (κ3) is 5.75. The zero-order chi connectivity index (χ0) is 16.0. The fraction of sp³-hybridized carbons (Fsp3) is 0.286. The van der Waals surface area contributed by atoms with Crippen molar-refractivity contribution in [3.05, 3.63) is 39.9 Å². The standard InChI is InChI=1S/C14H15Cl2NO4/c15-10-5-4-8(6-11(10)16)2-1-3-9(13(18)19)7-12(17)14(20)21/h1-2,4-6,9,12H,3,7,17H2,(H,18,19)(H,20,21)/b2-1+/t9-,12-/m0/s1. The molecule has 0 radical (unpaired) electrons. The molecule has 2 atom stereocenters. The van der Waals surface area contributed by atoms with Crippen LogP contribution in [0.3, 0.4) is 0 Å². The van der Waals surface area contributed by atoms with E-state index in [0.717, 1.165) is 5.56 Å². The molecule has 0 amide bonds. The summed E-state index contributed by atoms with van der Waals surface area (Å²) in [5, 5.41) is 18.6. The van der Waals surface area contributed by atoms with E-state index in [9.17, 15) is 9.59 Å². The Kier molecular flexibility index (Phi) is 6.68. The number of hydrogen-bond donors (Lipinski definition) is 3. The summed E-state index contributed by atoms with van der Waals surface area (Å²) in [4.78, 5) is 21.7. The number of carboxylic acid groups (broad SMARTS) is 2. The van der Waals surface area contributed by atoms with Crippen LogP contribution in [-0.4, -0.2) is 28.2 Å². The number of carboxylic acids is 2. The molecule has 5 nitrogen and oxygen atoms in total. The zero-order valence-corrected chi connectivity index (χ0v) is 12.5. The molecule has 114 valence electrons. The van der Waals surface area contributed by atoms with Crippen molar-refractivity contribution in [2.24, 2.45) is 11.7 Å². The first-order valence-electron chi connectivity index (χ1n) is 6.14. The Labute approximate surface area is 132 Å². The number of benzene rings is 1. The lowest BCUT2D eigenvalue weighted by Crippen LogP contribution is -2.34. The molecule has 1 rings (SSSR count). The second-order valence-corrected chi connectivity index (χ2v) is 5.34. The number of carbonyl (C=O) groups is 2. The van der Waals surface area contributed by atoms with Crippen LogP contribution in [0.2, 0.25) is 10.0 Å². The van der Waals surface area contributed by atoms with Crippen molar-refractivity contribution in [1.82, 2.24) is 0 Å². The van der Waals surface area contributed by atoms with Crippen LogP contribution in [0, 0.1) is 5.92 Å². The molecule has 0 aliphatic rings. The lowest BCUT2D eigenvalue weighted by molar-refractivity contribution is -0.143. The number of hydrogen-bond acceptors (Lipinski definition) is 3. The lowest BCUT2D eigenvalue weighted by atomic mass is 9.96. The van der Waals surface area contributed by atoms with E-state index in [1.807, 2.05) is 0 Å². The molecule has 0 heterocycles. The van der Waals surface area contributed by atoms with E-state index in [0.29, 0.717) is 10.0 Å². The van der Waals surface area contributed by atoms with Gasteiger partial charge >= 0.3 is 11.9 Å². The first-order chi connectivity index (χ1) is 9.81. The number of aliphatic carboxylic acids is 2. The average molecular weight is 332 g/mol. The third-order valence-corrected chi connectivity index (χ3v) is 3.62. The van der Waals surface area contributed by atoms with Gasteiger partial charge in [-0.25, -0.2) is 0 Å². The van der Waals surface area contributed by atoms with E-state index in [2.05, 4.69) is 0 Å². The highest BCUT2D eigenvalue weighted by molar-refractivity contribution is 6.42. The molecule has 0 saturated carbocycles. The Morgan fingerprint density at radius 2 is 1.86 bits per heavy atom. The summed E-state index contributed by atoms with van der Waals surface area (Å²) in [6.07, 6.45) is 3.39. The SMILES string of the molecule is N[C@@H](C[C@H](C/C=C/c1ccc(Cl)c(Cl)c1)C(=O)O)C(=O)O. The maximum absolute atomic E-state index is 11.1. The summed E-state index contributed by atoms with van der Waals surface area (Å²) < 4.78 is 0. The van der Waals surface area contributed by atoms with E-state index in [1.54, 1.807) is 30.4 Å². The topological polar surface area (TPSA) is 101 Å². The average Bonchev–Trinajstić information content (AvgIpc) is 2.41. The van der Waals surface area contributed by atoms with Crippen LogP contribution in [0.5, 0.6) is 0 Å². The molecule has 7 heteroatoms. The van der Waals surface area contributed by atoms with Crippen LogP contribution in [0.1, 0.15) is 18.4 Å². The molecule has 0 aromatic heterocycles. The van der Waals surface area contributed by atoms with E-state index in [1.165, 1.54) is 0 Å². The number of rotatable bonds is 7. The van der Waals surface area contributed by atoms with Crippen LogP contribution >= 0.6 is 23.2 Å². The summed E-state index contributed by atoms with van der Waals surface area (Å²) in [6.45, 7) is 0. The predicted molar refractivity (Wildman–Crippen MR) is 81.5 cm³/mol. The van der Waals surface area contributed by atoms with Crippen LogP contribution in [0.15, 0.2) is 24.3 Å². The Balaban J connectivity index is 2.68. The van der Waals surface area contributed by atoms with Gasteiger partial charge in [0.1, 0.15) is 6.04 Å². The maximum atomic E-state index is 11.1. The first-order valence-corrected chi connectivity index (χ1v) is 6.89. The molecule has 0 aliphatic carbocycles. The minimum atomic E-state index is -1.21. The molecular weight excluding hydrogens is 317 g/mol. The Hall–Kier alpha value is -1.56. The molecule has 1 aromatic carbocycles. The highest BCUT2D eigenvalue weighted by Gasteiger charge is 2.23. The maximum Gasteiger partial charge on any atom is 0.320 e. The van der Waals surface area contributed by atoms with E-state index < -0.39 is 23.9 Å². The largest absolute Gasteiger partial charge is 0.481 e. The summed E-state index contributed by atoms with van der Waals surface area (Å²) in [5.74, 6) is -3.14. The van der Waals surface area contributed by atoms with Crippen molar-refractivity contribution < 1.29 is 19.8 Å². The number of allylic oxidation sites excluding steroid dienone is 1. The van der Waals surface area contributed by atoms with Gasteiger partial charge in [-0.15, -0.1) is 0 Å². The van der Waals surface area contributed by atoms with Gasteiger partial charge < -0.3 is 15.9 Å². The lowest BCUT2D eigenvalue weighted by Gasteiger charge is -2.12. The van der Waals surface area contributed by atoms with E-state index >= 15 is 0 Å². The minimum Gasteiger partial charge on any atom is -0.481 e. The van der Waals surface area contributed by atoms with Gasteiger partial charge in [-0.3, -0.25) is 9.59 Å². The zero-order valence-electron chi connectivity index (χ0n) is 11.0. The van der Waals surface area contributed by atoms with Gasteiger partial charge in [-0.2, -0.15) is 0 Å². The number of halogens is 2. The van der Waals surface area contributed by atoms with Crippen molar-refractivity contribution >= 4 is 41.2 Å². The van der Waals surface area contributed by atoms with Gasteiger partial charge in [-0.1, -0.05) is 41.4 Å². The van der Waals surface area contributed by atoms with Crippen LogP contribution < -0.4 is 5.73 Å². The summed E-state index contributed by atoms with van der Waals surface area (Å²) >= 11 is 11.7. The van der Waals surface area contributed by atoms with Gasteiger partial charge in [0.15, 0.2) is 0 Å². The summed E-state index contributed by atoms with van der Waals surface area (Å²) in [7, 11) is 0. The second-order valence-electron chi connectivity index (χ2n) is 4.53. The molecule has 0 aliphatic heterocycles. The van der Waals surface area contributed by atoms with E-state index in [-0.39, 0.29) is 12.8 Å². The highest BCUT2D eigenvalue weighted by Crippen LogP contribution is 2.23. The molecule has 0 bridgehead atoms. The van der Waals surface area contributed by atoms with Gasteiger partial charge in [0.25, 0.3) is 0 Å². The quantitative estimate of drug-likeness (QED) is 0.713. The second kappa shape index (κ2) is 8.02. The summed E-state index contributed by atoms with van der Waals surface area (Å²) in [6, 6.07) is 3.84. The van der Waals surface area contributed by atoms with Crippen LogP contribution in [-0.2, 0) is 9.59 Å². The molecule has 0 fully saturated rings. The third-order valence-electron chi connectivity index (χ3n) is 2.88. The molecule has 1 aromatic rings. The Bertz CT molecular complexity index is 560. The highest BCUT2D eigenvalue weighted by atomic mass is 35.5. The van der Waals surface area contributed by atoms with Gasteiger partial charge in [0.2, 0.25) is 0 Å². The van der Waals surface area contributed by atoms with Gasteiger partial charge in [0, 0.05) is 0 Å². The molecular formula is C14H15Cl2NO4. The van der Waals surface area contributed by atoms with Gasteiger partial charge in [0.05, 0.1) is 16.0 Å². The predicted octanol–water partition coefficient (Wildman–Crippen LogP) is 2.90. The normalized spacial score (nSPS) is 14.0. The van der Waals surface area contributed by atoms with Gasteiger partial charge in [-0.05, 0) is 30.5 Å². The molecule has 0 spiro atoms. The Morgan fingerprint density at radius 1 is 1.19 bits per heavy atom.